The number of hydrogen-bond acceptors (Lipinski definition) is 8. The van der Waals surface area contributed by atoms with Crippen LogP contribution in [0.5, 0.6) is 5.75 Å². The summed E-state index contributed by atoms with van der Waals surface area (Å²) in [7, 11) is 1.71. The highest BCUT2D eigenvalue weighted by atomic mass is 32.2. The highest BCUT2D eigenvalue weighted by Gasteiger charge is 2.18. The molecule has 0 radical (unpaired) electrons. The predicted molar refractivity (Wildman–Crippen MR) is 109 cm³/mol. The number of rotatable bonds is 6. The summed E-state index contributed by atoms with van der Waals surface area (Å²) in [5.41, 5.74) is 4.54. The third-order valence-electron chi connectivity index (χ3n) is 4.22. The second kappa shape index (κ2) is 10.3. The molecular weight excluding hydrogens is 415 g/mol. The van der Waals surface area contributed by atoms with Gasteiger partial charge < -0.3 is 9.84 Å². The van der Waals surface area contributed by atoms with Gasteiger partial charge in [0.2, 0.25) is 0 Å². The van der Waals surface area contributed by atoms with Crippen LogP contribution >= 0.6 is 12.2 Å². The number of nitrogens with one attached hydrogen (secondary N) is 2. The topological polar surface area (TPSA) is 103 Å². The van der Waals surface area contributed by atoms with Crippen LogP contribution in [-0.2, 0) is 9.02 Å². The first-order chi connectivity index (χ1) is 14.5. The first-order valence-corrected chi connectivity index (χ1v) is 9.75. The van der Waals surface area contributed by atoms with E-state index in [9.17, 15) is 19.1 Å². The van der Waals surface area contributed by atoms with Crippen LogP contribution in [0.1, 0.15) is 20.7 Å². The summed E-state index contributed by atoms with van der Waals surface area (Å²) in [5, 5.41) is 11.4. The molecule has 3 rings (SSSR count). The average molecular weight is 436 g/mol. The van der Waals surface area contributed by atoms with Gasteiger partial charge in [-0.25, -0.2) is 8.67 Å². The van der Waals surface area contributed by atoms with Crippen LogP contribution in [0.25, 0.3) is 0 Å². The standard InChI is InChI=1S/C19H21FN4O5S/c1-23(30-29-24-8-10-28-11-9-24)13-6-7-16(20)15(12-13)19(27)22-21-18(26)14-4-2-3-5-17(14)25/h2-7,12,25H,8-11H2,1H3,(H,21,26)(H,22,27). The fraction of sp³-hybridized carbons (Fsp3) is 0.263. The lowest BCUT2D eigenvalue weighted by Gasteiger charge is -2.27. The summed E-state index contributed by atoms with van der Waals surface area (Å²) in [5.74, 6) is -2.56. The summed E-state index contributed by atoms with van der Waals surface area (Å²) in [6, 6.07) is 9.84. The molecule has 1 saturated heterocycles. The number of benzene rings is 2. The zero-order chi connectivity index (χ0) is 21.5. The number of phenolic OH excluding ortho intramolecular Hbond substituents is 1. The maximum absolute atomic E-state index is 14.2. The molecule has 0 unspecified atom stereocenters. The minimum atomic E-state index is -0.842. The lowest BCUT2D eigenvalue weighted by molar-refractivity contribution is -0.105. The van der Waals surface area contributed by atoms with E-state index in [-0.39, 0.29) is 16.9 Å². The Hall–Kier alpha value is -2.86. The van der Waals surface area contributed by atoms with Gasteiger partial charge in [0, 0.05) is 25.8 Å². The summed E-state index contributed by atoms with van der Waals surface area (Å²) in [6.45, 7) is 2.43. The third kappa shape index (κ3) is 5.60. The molecule has 160 valence electrons. The van der Waals surface area contributed by atoms with Crippen molar-refractivity contribution in [2.75, 3.05) is 37.7 Å². The second-order valence-corrected chi connectivity index (χ2v) is 7.12. The lowest BCUT2D eigenvalue weighted by Crippen LogP contribution is -2.42. The summed E-state index contributed by atoms with van der Waals surface area (Å²) in [6.07, 6.45) is 0. The van der Waals surface area contributed by atoms with Crippen LogP contribution in [0, 0.1) is 5.82 Å². The number of morpholine rings is 1. The van der Waals surface area contributed by atoms with Crippen molar-refractivity contribution < 1.29 is 28.1 Å². The smallest absolute Gasteiger partial charge is 0.273 e. The summed E-state index contributed by atoms with van der Waals surface area (Å²) < 4.78 is 26.6. The zero-order valence-corrected chi connectivity index (χ0v) is 16.9. The fourth-order valence-electron chi connectivity index (χ4n) is 2.56. The first-order valence-electron chi connectivity index (χ1n) is 9.05. The lowest BCUT2D eigenvalue weighted by atomic mass is 10.1. The Balaban J connectivity index is 1.60. The number of hydrazine groups is 1. The molecule has 0 aliphatic carbocycles. The molecule has 1 fully saturated rings. The molecule has 0 saturated carbocycles. The van der Waals surface area contributed by atoms with Crippen LogP contribution in [0.4, 0.5) is 10.1 Å². The highest BCUT2D eigenvalue weighted by Crippen LogP contribution is 2.25. The number of phenols is 1. The largest absolute Gasteiger partial charge is 0.507 e. The van der Waals surface area contributed by atoms with Crippen molar-refractivity contribution >= 4 is 29.7 Å². The molecule has 2 aromatic carbocycles. The predicted octanol–water partition coefficient (Wildman–Crippen LogP) is 1.87. The van der Waals surface area contributed by atoms with Crippen LogP contribution in [0.2, 0.25) is 0 Å². The van der Waals surface area contributed by atoms with Crippen molar-refractivity contribution in [1.82, 2.24) is 15.9 Å². The summed E-state index contributed by atoms with van der Waals surface area (Å²) in [4.78, 5) is 24.4. The molecule has 2 aromatic rings. The van der Waals surface area contributed by atoms with Crippen molar-refractivity contribution in [1.29, 1.82) is 0 Å². The van der Waals surface area contributed by atoms with Gasteiger partial charge >= 0.3 is 0 Å². The number of para-hydroxylation sites is 1. The number of carbonyl (C=O) groups is 2. The molecule has 0 bridgehead atoms. The van der Waals surface area contributed by atoms with Gasteiger partial charge in [0.05, 0.1) is 24.3 Å². The molecule has 2 amide bonds. The van der Waals surface area contributed by atoms with E-state index in [2.05, 4.69) is 10.9 Å². The van der Waals surface area contributed by atoms with E-state index in [0.29, 0.717) is 32.0 Å². The molecule has 0 spiro atoms. The van der Waals surface area contributed by atoms with Crippen molar-refractivity contribution in [3.63, 3.8) is 0 Å². The van der Waals surface area contributed by atoms with Crippen LogP contribution in [0.3, 0.4) is 0 Å². The number of nitrogens with zero attached hydrogens (tertiary/aromatic N) is 2. The van der Waals surface area contributed by atoms with Crippen molar-refractivity contribution in [3.05, 3.63) is 59.4 Å². The van der Waals surface area contributed by atoms with Gasteiger partial charge in [-0.05, 0) is 30.3 Å². The Labute approximate surface area is 177 Å². The Bertz CT molecular complexity index is 910. The highest BCUT2D eigenvalue weighted by molar-refractivity contribution is 7.96. The number of anilines is 1. The van der Waals surface area contributed by atoms with E-state index in [1.165, 1.54) is 24.3 Å². The number of aromatic hydroxyl groups is 1. The molecule has 1 aliphatic heterocycles. The molecule has 9 nitrogen and oxygen atoms in total. The van der Waals surface area contributed by atoms with Gasteiger partial charge in [-0.2, -0.15) is 5.06 Å². The summed E-state index contributed by atoms with van der Waals surface area (Å²) >= 11 is 1.03. The number of hydroxylamine groups is 2. The van der Waals surface area contributed by atoms with Crippen LogP contribution in [-0.4, -0.2) is 55.3 Å². The van der Waals surface area contributed by atoms with E-state index in [1.54, 1.807) is 28.5 Å². The van der Waals surface area contributed by atoms with Crippen LogP contribution < -0.4 is 15.2 Å². The maximum atomic E-state index is 14.2. The Morgan fingerprint density at radius 3 is 2.50 bits per heavy atom. The van der Waals surface area contributed by atoms with E-state index in [1.807, 2.05) is 0 Å². The molecule has 0 atom stereocenters. The van der Waals surface area contributed by atoms with Crippen LogP contribution in [0.15, 0.2) is 42.5 Å². The van der Waals surface area contributed by atoms with Crippen molar-refractivity contribution in [2.45, 2.75) is 0 Å². The monoisotopic (exact) mass is 436 g/mol. The molecule has 3 N–H and O–H groups in total. The molecule has 1 aliphatic rings. The van der Waals surface area contributed by atoms with E-state index >= 15 is 0 Å². The number of amides is 2. The first kappa shape index (κ1) is 21.8. The zero-order valence-electron chi connectivity index (χ0n) is 16.1. The molecule has 0 aromatic heterocycles. The van der Waals surface area contributed by atoms with E-state index in [0.717, 1.165) is 18.3 Å². The molecule has 30 heavy (non-hydrogen) atoms. The van der Waals surface area contributed by atoms with Gasteiger partial charge in [-0.1, -0.05) is 12.1 Å². The molecule has 11 heteroatoms. The number of hydrogen-bond donors (Lipinski definition) is 3. The third-order valence-corrected chi connectivity index (χ3v) is 4.93. The fourth-order valence-corrected chi connectivity index (χ4v) is 3.10. The normalized spacial score (nSPS) is 14.2. The number of halogens is 1. The van der Waals surface area contributed by atoms with Crippen molar-refractivity contribution in [3.8, 4) is 5.75 Å². The van der Waals surface area contributed by atoms with Gasteiger partial charge in [-0.15, -0.1) is 0 Å². The molecule has 1 heterocycles. The van der Waals surface area contributed by atoms with Crippen molar-refractivity contribution in [2.24, 2.45) is 0 Å². The average Bonchev–Trinajstić information content (AvgIpc) is 2.77. The number of carbonyl (C=O) groups excluding carboxylic acids is 2. The van der Waals surface area contributed by atoms with Gasteiger partial charge in [0.1, 0.15) is 23.8 Å². The minimum absolute atomic E-state index is 0.0246. The Morgan fingerprint density at radius 1 is 1.13 bits per heavy atom. The van der Waals surface area contributed by atoms with E-state index < -0.39 is 17.6 Å². The SMILES string of the molecule is CN(SON1CCOCC1)c1ccc(F)c(C(=O)NNC(=O)c2ccccc2O)c1. The maximum Gasteiger partial charge on any atom is 0.273 e. The van der Waals surface area contributed by atoms with Gasteiger partial charge in [0.25, 0.3) is 11.8 Å². The van der Waals surface area contributed by atoms with Gasteiger partial charge in [0.15, 0.2) is 0 Å². The minimum Gasteiger partial charge on any atom is -0.507 e. The quantitative estimate of drug-likeness (QED) is 0.358. The van der Waals surface area contributed by atoms with Gasteiger partial charge in [-0.3, -0.25) is 24.7 Å². The second-order valence-electron chi connectivity index (χ2n) is 6.28. The Kier molecular flexibility index (Phi) is 7.46. The number of ether oxygens (including phenoxy) is 1. The van der Waals surface area contributed by atoms with E-state index in [4.69, 9.17) is 9.02 Å². The molecular formula is C19H21FN4O5S. The Morgan fingerprint density at radius 2 is 1.80 bits per heavy atom.